The van der Waals surface area contributed by atoms with Crippen LogP contribution in [0.3, 0.4) is 0 Å². The molecule has 0 saturated heterocycles. The summed E-state index contributed by atoms with van der Waals surface area (Å²) < 4.78 is 0. The molecule has 3 aromatic rings. The number of amides is 1. The Bertz CT molecular complexity index is 927. The minimum atomic E-state index is -0.00888. The molecule has 2 aromatic carbocycles. The van der Waals surface area contributed by atoms with E-state index in [1.54, 1.807) is 0 Å². The Morgan fingerprint density at radius 3 is 2.92 bits per heavy atom. The Hall–Kier alpha value is -2.17. The first-order valence-electron chi connectivity index (χ1n) is 9.21. The van der Waals surface area contributed by atoms with Crippen LogP contribution in [0.15, 0.2) is 53.9 Å². The quantitative estimate of drug-likeness (QED) is 0.728. The van der Waals surface area contributed by atoms with Gasteiger partial charge >= 0.3 is 0 Å². The number of nitrogens with one attached hydrogen (secondary N) is 1. The first-order valence-corrected chi connectivity index (χ1v) is 10.1. The van der Waals surface area contributed by atoms with Crippen molar-refractivity contribution in [1.82, 2.24) is 10.2 Å². The predicted molar refractivity (Wildman–Crippen MR) is 109 cm³/mol. The van der Waals surface area contributed by atoms with Crippen LogP contribution in [0.5, 0.6) is 0 Å². The minimum Gasteiger partial charge on any atom is -0.348 e. The van der Waals surface area contributed by atoms with Crippen molar-refractivity contribution in [3.05, 3.63) is 69.9 Å². The fourth-order valence-corrected chi connectivity index (χ4v) is 4.92. The van der Waals surface area contributed by atoms with Crippen molar-refractivity contribution in [1.29, 1.82) is 0 Å². The van der Waals surface area contributed by atoms with Crippen LogP contribution in [0.2, 0.25) is 0 Å². The molecule has 26 heavy (non-hydrogen) atoms. The van der Waals surface area contributed by atoms with E-state index >= 15 is 0 Å². The van der Waals surface area contributed by atoms with E-state index in [1.807, 2.05) is 23.5 Å². The summed E-state index contributed by atoms with van der Waals surface area (Å²) in [6, 6.07) is 17.1. The van der Waals surface area contributed by atoms with Crippen molar-refractivity contribution < 1.29 is 4.79 Å². The van der Waals surface area contributed by atoms with E-state index in [2.05, 4.69) is 65.8 Å². The van der Waals surface area contributed by atoms with Gasteiger partial charge in [0.15, 0.2) is 0 Å². The largest absolute Gasteiger partial charge is 0.348 e. The minimum absolute atomic E-state index is 0.00888. The number of rotatable bonds is 4. The average molecular weight is 365 g/mol. The first-order chi connectivity index (χ1) is 12.6. The second-order valence-electron chi connectivity index (χ2n) is 7.05. The van der Waals surface area contributed by atoms with Crippen LogP contribution in [-0.4, -0.2) is 23.9 Å². The van der Waals surface area contributed by atoms with Crippen LogP contribution in [0.1, 0.15) is 41.9 Å². The second kappa shape index (κ2) is 7.22. The zero-order chi connectivity index (χ0) is 18.1. The summed E-state index contributed by atoms with van der Waals surface area (Å²) in [5.41, 5.74) is 2.56. The summed E-state index contributed by atoms with van der Waals surface area (Å²) in [7, 11) is 0. The fraction of sp³-hybridized carbons (Fsp3) is 0.318. The van der Waals surface area contributed by atoms with Gasteiger partial charge in [0, 0.05) is 17.5 Å². The molecule has 0 aliphatic carbocycles. The Kier molecular flexibility index (Phi) is 4.79. The molecule has 0 fully saturated rings. The molecule has 2 heterocycles. The number of carbonyl (C=O) groups excluding carboxylic acids is 1. The van der Waals surface area contributed by atoms with E-state index in [0.29, 0.717) is 12.6 Å². The van der Waals surface area contributed by atoms with E-state index in [4.69, 9.17) is 0 Å². The summed E-state index contributed by atoms with van der Waals surface area (Å²) in [5.74, 6) is 0.0935. The van der Waals surface area contributed by atoms with Crippen molar-refractivity contribution in [2.45, 2.75) is 32.4 Å². The van der Waals surface area contributed by atoms with Crippen LogP contribution in [-0.2, 0) is 11.2 Å². The van der Waals surface area contributed by atoms with Gasteiger partial charge in [-0.2, -0.15) is 0 Å². The number of hydrogen-bond donors (Lipinski definition) is 1. The highest BCUT2D eigenvalue weighted by molar-refractivity contribution is 7.10. The van der Waals surface area contributed by atoms with E-state index in [0.717, 1.165) is 13.0 Å². The number of hydrogen-bond acceptors (Lipinski definition) is 3. The molecule has 0 unspecified atom stereocenters. The number of carbonyl (C=O) groups is 1. The molecular formula is C22H24N2OS. The van der Waals surface area contributed by atoms with Gasteiger partial charge in [0.2, 0.25) is 5.91 Å². The molecule has 2 atom stereocenters. The first kappa shape index (κ1) is 17.3. The topological polar surface area (TPSA) is 32.3 Å². The van der Waals surface area contributed by atoms with Crippen LogP contribution >= 0.6 is 11.3 Å². The van der Waals surface area contributed by atoms with Crippen molar-refractivity contribution in [2.75, 3.05) is 13.1 Å². The van der Waals surface area contributed by atoms with Crippen LogP contribution in [0.25, 0.3) is 10.8 Å². The number of nitrogens with zero attached hydrogens (tertiary/aromatic N) is 1. The molecule has 1 N–H and O–H groups in total. The summed E-state index contributed by atoms with van der Waals surface area (Å²) >= 11 is 1.83. The van der Waals surface area contributed by atoms with E-state index in [9.17, 15) is 4.79 Å². The van der Waals surface area contributed by atoms with Crippen LogP contribution in [0.4, 0.5) is 0 Å². The Labute approximate surface area is 158 Å². The molecule has 134 valence electrons. The molecule has 4 rings (SSSR count). The molecule has 0 saturated carbocycles. The van der Waals surface area contributed by atoms with Gasteiger partial charge < -0.3 is 5.32 Å². The molecule has 1 amide bonds. The number of benzene rings is 2. The number of fused-ring (bicyclic) bond motifs is 2. The average Bonchev–Trinajstić information content (AvgIpc) is 3.13. The summed E-state index contributed by atoms with van der Waals surface area (Å²) in [4.78, 5) is 16.4. The smallest absolute Gasteiger partial charge is 0.234 e. The Balaban J connectivity index is 1.45. The Morgan fingerprint density at radius 2 is 2.04 bits per heavy atom. The third-order valence-electron chi connectivity index (χ3n) is 5.42. The SMILES string of the molecule is C[C@H](NC(=O)CN1CCc2sccc2[C@H]1C)c1cccc2ccccc12. The molecule has 4 heteroatoms. The molecule has 1 aromatic heterocycles. The zero-order valence-corrected chi connectivity index (χ0v) is 16.1. The van der Waals surface area contributed by atoms with Crippen molar-refractivity contribution in [3.63, 3.8) is 0 Å². The van der Waals surface area contributed by atoms with E-state index in [-0.39, 0.29) is 11.9 Å². The van der Waals surface area contributed by atoms with Gasteiger partial charge in [-0.3, -0.25) is 9.69 Å². The van der Waals surface area contributed by atoms with Crippen LogP contribution in [0, 0.1) is 0 Å². The molecule has 3 nitrogen and oxygen atoms in total. The van der Waals surface area contributed by atoms with Crippen LogP contribution < -0.4 is 5.32 Å². The van der Waals surface area contributed by atoms with Gasteiger partial charge in [0.05, 0.1) is 12.6 Å². The molecule has 0 bridgehead atoms. The monoisotopic (exact) mass is 364 g/mol. The normalized spacial score (nSPS) is 18.5. The highest BCUT2D eigenvalue weighted by atomic mass is 32.1. The molecule has 1 aliphatic heterocycles. The third-order valence-corrected chi connectivity index (χ3v) is 6.41. The fourth-order valence-electron chi connectivity index (χ4n) is 3.95. The zero-order valence-electron chi connectivity index (χ0n) is 15.2. The van der Waals surface area contributed by atoms with Crippen molar-refractivity contribution in [3.8, 4) is 0 Å². The molecular weight excluding hydrogens is 340 g/mol. The highest BCUT2D eigenvalue weighted by Crippen LogP contribution is 2.32. The van der Waals surface area contributed by atoms with E-state index < -0.39 is 0 Å². The van der Waals surface area contributed by atoms with E-state index in [1.165, 1.54) is 26.8 Å². The Morgan fingerprint density at radius 1 is 1.23 bits per heavy atom. The maximum Gasteiger partial charge on any atom is 0.234 e. The standard InChI is InChI=1S/C22H24N2OS/c1-15(18-9-5-7-17-6-3-4-8-20(17)18)23-22(25)14-24-12-10-21-19(16(24)2)11-13-26-21/h3-9,11,13,15-16H,10,12,14H2,1-2H3,(H,23,25)/t15-,16+/m0/s1. The lowest BCUT2D eigenvalue weighted by Gasteiger charge is -2.33. The van der Waals surface area contributed by atoms with Gasteiger partial charge in [-0.1, -0.05) is 42.5 Å². The summed E-state index contributed by atoms with van der Waals surface area (Å²) in [6.45, 7) is 5.67. The lowest BCUT2D eigenvalue weighted by Crippen LogP contribution is -2.42. The molecule has 0 spiro atoms. The van der Waals surface area contributed by atoms with Gasteiger partial charge in [-0.15, -0.1) is 11.3 Å². The van der Waals surface area contributed by atoms with Crippen molar-refractivity contribution >= 4 is 28.0 Å². The highest BCUT2D eigenvalue weighted by Gasteiger charge is 2.26. The lowest BCUT2D eigenvalue weighted by atomic mass is 9.99. The van der Waals surface area contributed by atoms with Gasteiger partial charge in [0.1, 0.15) is 0 Å². The van der Waals surface area contributed by atoms with Crippen molar-refractivity contribution in [2.24, 2.45) is 0 Å². The molecule has 0 radical (unpaired) electrons. The third kappa shape index (κ3) is 3.27. The van der Waals surface area contributed by atoms with Gasteiger partial charge in [-0.05, 0) is 53.6 Å². The van der Waals surface area contributed by atoms with Gasteiger partial charge in [0.25, 0.3) is 0 Å². The predicted octanol–water partition coefficient (Wildman–Crippen LogP) is 4.70. The summed E-state index contributed by atoms with van der Waals surface area (Å²) in [6.07, 6.45) is 1.05. The van der Waals surface area contributed by atoms with Gasteiger partial charge in [-0.25, -0.2) is 0 Å². The maximum atomic E-state index is 12.7. The summed E-state index contributed by atoms with van der Waals surface area (Å²) in [5, 5.41) is 7.77. The second-order valence-corrected chi connectivity index (χ2v) is 8.05. The lowest BCUT2D eigenvalue weighted by molar-refractivity contribution is -0.123. The maximum absolute atomic E-state index is 12.7. The number of thiophene rings is 1. The molecule has 1 aliphatic rings.